The van der Waals surface area contributed by atoms with Gasteiger partial charge in [-0.1, -0.05) is 16.8 Å². The second-order valence-corrected chi connectivity index (χ2v) is 9.98. The minimum atomic E-state index is -0.260. The minimum absolute atomic E-state index is 0.128. The van der Waals surface area contributed by atoms with Gasteiger partial charge in [-0.05, 0) is 43.9 Å². The molecule has 0 N–H and O–H groups in total. The summed E-state index contributed by atoms with van der Waals surface area (Å²) < 4.78 is 14.0. The molecule has 1 aromatic carbocycles. The molecule has 7 rings (SSSR count). The van der Waals surface area contributed by atoms with Crippen molar-refractivity contribution in [1.29, 1.82) is 0 Å². The van der Waals surface area contributed by atoms with Gasteiger partial charge < -0.3 is 9.26 Å². The van der Waals surface area contributed by atoms with Gasteiger partial charge >= 0.3 is 0 Å². The van der Waals surface area contributed by atoms with Crippen molar-refractivity contribution in [1.82, 2.24) is 24.7 Å². The van der Waals surface area contributed by atoms with Gasteiger partial charge in [-0.15, -0.1) is 0 Å². The number of benzene rings is 1. The first-order chi connectivity index (χ1) is 17.5. The maximum absolute atomic E-state index is 12.1. The Bertz CT molecular complexity index is 1540. The summed E-state index contributed by atoms with van der Waals surface area (Å²) in [5, 5.41) is 9.58. The van der Waals surface area contributed by atoms with Crippen LogP contribution in [0.1, 0.15) is 60.1 Å². The number of nitrogens with zero attached hydrogens (tertiary/aromatic N) is 5. The highest BCUT2D eigenvalue weighted by Crippen LogP contribution is 2.46. The third-order valence-corrected chi connectivity index (χ3v) is 7.46. The highest BCUT2D eigenvalue weighted by atomic mass is 35.5. The molecule has 0 bridgehead atoms. The fraction of sp³-hybridized carbons (Fsp3) is 0.346. The van der Waals surface area contributed by atoms with Crippen LogP contribution in [0.15, 0.2) is 35.0 Å². The van der Waals surface area contributed by atoms with E-state index in [1.165, 1.54) is 10.5 Å². The Kier molecular flexibility index (Phi) is 4.89. The predicted molar refractivity (Wildman–Crippen MR) is 128 cm³/mol. The van der Waals surface area contributed by atoms with Crippen molar-refractivity contribution in [2.24, 2.45) is 0 Å². The van der Waals surface area contributed by atoms with Crippen LogP contribution in [0.2, 0.25) is 5.02 Å². The van der Waals surface area contributed by atoms with Gasteiger partial charge in [0.2, 0.25) is 11.8 Å². The first kappa shape index (κ1) is 21.6. The molecule has 2 aliphatic heterocycles. The standard InChI is InChI=1S/C26H22ClN5O4/c27-15-9-14-10-21(26-17-3-1-2-4-19(17)30-36-26)35-25(14)18(11-15)20-7-8-28-22-12-16(29-32(20)22)13-31-23(33)5-6-24(31)34/h7-9,11-12,21H,1-6,10,13H2/t21-/m1/s1. The normalized spacial score (nSPS) is 19.1. The summed E-state index contributed by atoms with van der Waals surface area (Å²) in [4.78, 5) is 29.9. The molecule has 4 aromatic rings. The molecule has 3 aromatic heterocycles. The monoisotopic (exact) mass is 503 g/mol. The molecule has 10 heteroatoms. The molecule has 0 unspecified atom stereocenters. The SMILES string of the molecule is O=C1CCC(=O)N1Cc1cc2nccc(-c3cc(Cl)cc4c3O[C@@H](c3onc5c3CCCC5)C4)n2n1. The largest absolute Gasteiger partial charge is 0.481 e. The minimum Gasteiger partial charge on any atom is -0.481 e. The van der Waals surface area contributed by atoms with Crippen LogP contribution in [0.25, 0.3) is 16.9 Å². The first-order valence-corrected chi connectivity index (χ1v) is 12.6. The van der Waals surface area contributed by atoms with E-state index < -0.39 is 0 Å². The molecule has 1 atom stereocenters. The van der Waals surface area contributed by atoms with Crippen LogP contribution in [0.3, 0.4) is 0 Å². The Morgan fingerprint density at radius 1 is 1.06 bits per heavy atom. The fourth-order valence-electron chi connectivity index (χ4n) is 5.51. The lowest BCUT2D eigenvalue weighted by Crippen LogP contribution is -2.28. The van der Waals surface area contributed by atoms with Gasteiger partial charge in [-0.25, -0.2) is 9.50 Å². The lowest BCUT2D eigenvalue weighted by Gasteiger charge is -2.14. The number of rotatable bonds is 4. The van der Waals surface area contributed by atoms with Crippen LogP contribution in [-0.2, 0) is 35.4 Å². The zero-order chi connectivity index (χ0) is 24.4. The molecule has 1 fully saturated rings. The van der Waals surface area contributed by atoms with Gasteiger partial charge in [0, 0.05) is 53.2 Å². The summed E-state index contributed by atoms with van der Waals surface area (Å²) in [6.45, 7) is 0.128. The van der Waals surface area contributed by atoms with Crippen molar-refractivity contribution in [2.45, 2.75) is 57.6 Å². The number of fused-ring (bicyclic) bond motifs is 3. The van der Waals surface area contributed by atoms with Crippen molar-refractivity contribution in [3.63, 3.8) is 0 Å². The topological polar surface area (TPSA) is 103 Å². The average molecular weight is 504 g/mol. The van der Waals surface area contributed by atoms with E-state index in [2.05, 4.69) is 15.2 Å². The molecule has 0 saturated carbocycles. The van der Waals surface area contributed by atoms with Crippen molar-refractivity contribution in [3.8, 4) is 17.0 Å². The van der Waals surface area contributed by atoms with E-state index >= 15 is 0 Å². The summed E-state index contributed by atoms with van der Waals surface area (Å²) in [5.74, 6) is 1.20. The number of aryl methyl sites for hydroxylation is 1. The zero-order valence-corrected chi connectivity index (χ0v) is 20.1. The van der Waals surface area contributed by atoms with Crippen molar-refractivity contribution in [2.75, 3.05) is 0 Å². The number of aromatic nitrogens is 4. The Morgan fingerprint density at radius 3 is 2.75 bits per heavy atom. The Labute approximate surface area is 211 Å². The highest BCUT2D eigenvalue weighted by Gasteiger charge is 2.35. The molecular weight excluding hydrogens is 482 g/mol. The number of halogens is 1. The summed E-state index contributed by atoms with van der Waals surface area (Å²) in [6.07, 6.45) is 6.75. The van der Waals surface area contributed by atoms with Crippen molar-refractivity contribution in [3.05, 3.63) is 63.8 Å². The molecule has 0 radical (unpaired) electrons. The second kappa shape index (κ2) is 8.16. The molecule has 1 aliphatic carbocycles. The molecule has 0 spiro atoms. The third-order valence-electron chi connectivity index (χ3n) is 7.24. The smallest absolute Gasteiger partial charge is 0.230 e. The molecule has 5 heterocycles. The molecule has 1 saturated heterocycles. The number of carbonyl (C=O) groups is 2. The number of carbonyl (C=O) groups excluding carboxylic acids is 2. The van der Waals surface area contributed by atoms with E-state index in [-0.39, 0.29) is 37.3 Å². The summed E-state index contributed by atoms with van der Waals surface area (Å²) in [7, 11) is 0. The number of likely N-dealkylation sites (tertiary alicyclic amines) is 1. The zero-order valence-electron chi connectivity index (χ0n) is 19.4. The van der Waals surface area contributed by atoms with Crippen LogP contribution in [-0.4, -0.2) is 36.5 Å². The van der Waals surface area contributed by atoms with Crippen molar-refractivity contribution >= 4 is 29.1 Å². The van der Waals surface area contributed by atoms with Gasteiger partial charge in [0.1, 0.15) is 5.75 Å². The quantitative estimate of drug-likeness (QED) is 0.384. The van der Waals surface area contributed by atoms with Gasteiger partial charge in [-0.2, -0.15) is 5.10 Å². The average Bonchev–Trinajstić information content (AvgIpc) is 3.65. The molecular formula is C26H22ClN5O4. The van der Waals surface area contributed by atoms with Gasteiger partial charge in [0.25, 0.3) is 0 Å². The third kappa shape index (κ3) is 3.41. The van der Waals surface area contributed by atoms with Crippen LogP contribution in [0.5, 0.6) is 5.75 Å². The number of imide groups is 1. The molecule has 36 heavy (non-hydrogen) atoms. The fourth-order valence-corrected chi connectivity index (χ4v) is 5.75. The highest BCUT2D eigenvalue weighted by molar-refractivity contribution is 6.31. The number of amides is 2. The van der Waals surface area contributed by atoms with Crippen molar-refractivity contribution < 1.29 is 18.8 Å². The number of hydrogen-bond acceptors (Lipinski definition) is 7. The number of ether oxygens (including phenoxy) is 1. The van der Waals surface area contributed by atoms with E-state index in [1.54, 1.807) is 16.8 Å². The summed E-state index contributed by atoms with van der Waals surface area (Å²) >= 11 is 6.55. The molecule has 2 amide bonds. The molecule has 9 nitrogen and oxygen atoms in total. The maximum Gasteiger partial charge on any atom is 0.230 e. The Balaban J connectivity index is 1.27. The lowest BCUT2D eigenvalue weighted by molar-refractivity contribution is -0.139. The van der Waals surface area contributed by atoms with E-state index in [9.17, 15) is 9.59 Å². The van der Waals surface area contributed by atoms with Gasteiger partial charge in [-0.3, -0.25) is 14.5 Å². The second-order valence-electron chi connectivity index (χ2n) is 9.54. The van der Waals surface area contributed by atoms with Crippen LogP contribution >= 0.6 is 11.6 Å². The lowest BCUT2D eigenvalue weighted by atomic mass is 9.94. The van der Waals surface area contributed by atoms with Gasteiger partial charge in [0.05, 0.1) is 23.6 Å². The molecule has 3 aliphatic rings. The Hall–Kier alpha value is -3.72. The molecule has 182 valence electrons. The Morgan fingerprint density at radius 2 is 1.89 bits per heavy atom. The van der Waals surface area contributed by atoms with Crippen LogP contribution < -0.4 is 4.74 Å². The van der Waals surface area contributed by atoms with Gasteiger partial charge in [0.15, 0.2) is 17.5 Å². The number of hydrogen-bond donors (Lipinski definition) is 0. The predicted octanol–water partition coefficient (Wildman–Crippen LogP) is 4.24. The first-order valence-electron chi connectivity index (χ1n) is 12.2. The van der Waals surface area contributed by atoms with Crippen LogP contribution in [0, 0.1) is 0 Å². The van der Waals surface area contributed by atoms with E-state index in [0.29, 0.717) is 22.8 Å². The van der Waals surface area contributed by atoms with E-state index in [1.807, 2.05) is 18.2 Å². The van der Waals surface area contributed by atoms with Crippen LogP contribution in [0.4, 0.5) is 0 Å². The van der Waals surface area contributed by atoms with E-state index in [4.69, 9.17) is 20.9 Å². The maximum atomic E-state index is 12.1. The van der Waals surface area contributed by atoms with E-state index in [0.717, 1.165) is 59.7 Å². The summed E-state index contributed by atoms with van der Waals surface area (Å²) in [5.41, 5.74) is 5.96. The summed E-state index contributed by atoms with van der Waals surface area (Å²) in [6, 6.07) is 7.44.